The van der Waals surface area contributed by atoms with E-state index in [9.17, 15) is 8.78 Å². The molecule has 1 nitrogen and oxygen atoms in total. The van der Waals surface area contributed by atoms with E-state index < -0.39 is 11.6 Å². The van der Waals surface area contributed by atoms with Crippen LogP contribution in [0.2, 0.25) is 0 Å². The minimum Gasteiger partial charge on any atom is -0.382 e. The van der Waals surface area contributed by atoms with Crippen molar-refractivity contribution in [3.05, 3.63) is 29.8 Å². The molecule has 0 radical (unpaired) electrons. The lowest BCUT2D eigenvalue weighted by Gasteiger charge is -2.23. The number of halogens is 2. The lowest BCUT2D eigenvalue weighted by atomic mass is 9.90. The number of nitrogens with one attached hydrogen (secondary N) is 1. The Morgan fingerprint density at radius 2 is 1.93 bits per heavy atom. The summed E-state index contributed by atoms with van der Waals surface area (Å²) in [5, 5.41) is 2.99. The van der Waals surface area contributed by atoms with Gasteiger partial charge in [-0.05, 0) is 24.0 Å². The van der Waals surface area contributed by atoms with Crippen LogP contribution in [0.5, 0.6) is 0 Å². The molecule has 0 unspecified atom stereocenters. The van der Waals surface area contributed by atoms with E-state index in [2.05, 4.69) is 26.1 Å². The molecule has 0 bridgehead atoms. The van der Waals surface area contributed by atoms with E-state index in [1.54, 1.807) is 0 Å². The molecule has 3 heteroatoms. The first-order valence-electron chi connectivity index (χ1n) is 5.13. The minimum absolute atomic E-state index is 0.112. The summed E-state index contributed by atoms with van der Waals surface area (Å²) in [6.45, 7) is 6.96. The van der Waals surface area contributed by atoms with Crippen LogP contribution < -0.4 is 5.32 Å². The number of hydrogen-bond acceptors (Lipinski definition) is 1. The first-order chi connectivity index (χ1) is 6.94. The number of benzene rings is 1. The van der Waals surface area contributed by atoms with E-state index in [0.29, 0.717) is 12.2 Å². The zero-order valence-electron chi connectivity index (χ0n) is 9.40. The van der Waals surface area contributed by atoms with Gasteiger partial charge >= 0.3 is 0 Å². The molecule has 0 fully saturated rings. The highest BCUT2D eigenvalue weighted by Crippen LogP contribution is 2.22. The van der Waals surface area contributed by atoms with E-state index in [4.69, 9.17) is 0 Å². The minimum atomic E-state index is -0.548. The zero-order chi connectivity index (χ0) is 11.5. The Kier molecular flexibility index (Phi) is 3.66. The van der Waals surface area contributed by atoms with Gasteiger partial charge in [0, 0.05) is 12.6 Å². The first-order valence-corrected chi connectivity index (χ1v) is 5.13. The van der Waals surface area contributed by atoms with Crippen molar-refractivity contribution >= 4 is 5.69 Å². The highest BCUT2D eigenvalue weighted by Gasteiger charge is 2.15. The molecule has 0 aliphatic rings. The molecule has 0 aromatic heterocycles. The molecular formula is C12H17F2N. The van der Waals surface area contributed by atoms with Crippen molar-refractivity contribution in [3.63, 3.8) is 0 Å². The van der Waals surface area contributed by atoms with Crippen LogP contribution in [0, 0.1) is 17.0 Å². The Balaban J connectivity index is 2.66. The fourth-order valence-corrected chi connectivity index (χ4v) is 1.09. The van der Waals surface area contributed by atoms with Crippen LogP contribution in [0.4, 0.5) is 14.5 Å². The van der Waals surface area contributed by atoms with Crippen LogP contribution in [0.3, 0.4) is 0 Å². The quantitative estimate of drug-likeness (QED) is 0.801. The lowest BCUT2D eigenvalue weighted by Crippen LogP contribution is -2.22. The second-order valence-corrected chi connectivity index (χ2v) is 4.50. The van der Waals surface area contributed by atoms with Gasteiger partial charge in [0.25, 0.3) is 0 Å². The summed E-state index contributed by atoms with van der Waals surface area (Å²) in [5.74, 6) is -1.09. The SMILES string of the molecule is CCC(C)(C)CNc1ccc(F)cc1F. The van der Waals surface area contributed by atoms with Gasteiger partial charge in [0.1, 0.15) is 11.6 Å². The summed E-state index contributed by atoms with van der Waals surface area (Å²) in [6, 6.07) is 3.57. The number of hydrogen-bond donors (Lipinski definition) is 1. The highest BCUT2D eigenvalue weighted by molar-refractivity contribution is 5.44. The van der Waals surface area contributed by atoms with Crippen LogP contribution in [0.1, 0.15) is 27.2 Å². The summed E-state index contributed by atoms with van der Waals surface area (Å²) >= 11 is 0. The molecule has 0 amide bonds. The maximum Gasteiger partial charge on any atom is 0.149 e. The molecule has 84 valence electrons. The summed E-state index contributed by atoms with van der Waals surface area (Å²) in [5.41, 5.74) is 0.471. The van der Waals surface area contributed by atoms with Gasteiger partial charge in [0.05, 0.1) is 5.69 Å². The van der Waals surface area contributed by atoms with Crippen molar-refractivity contribution < 1.29 is 8.78 Å². The van der Waals surface area contributed by atoms with E-state index in [-0.39, 0.29) is 5.41 Å². The van der Waals surface area contributed by atoms with Gasteiger partial charge in [-0.1, -0.05) is 20.8 Å². The van der Waals surface area contributed by atoms with Crippen LogP contribution >= 0.6 is 0 Å². The van der Waals surface area contributed by atoms with Gasteiger partial charge in [0.15, 0.2) is 0 Å². The molecule has 0 spiro atoms. The van der Waals surface area contributed by atoms with E-state index in [1.807, 2.05) is 0 Å². The number of rotatable bonds is 4. The average molecular weight is 213 g/mol. The van der Waals surface area contributed by atoms with Gasteiger partial charge in [-0.15, -0.1) is 0 Å². The van der Waals surface area contributed by atoms with Gasteiger partial charge in [-0.2, -0.15) is 0 Å². The van der Waals surface area contributed by atoms with E-state index in [0.717, 1.165) is 12.5 Å². The number of anilines is 1. The molecule has 15 heavy (non-hydrogen) atoms. The normalized spacial score (nSPS) is 11.5. The Morgan fingerprint density at radius 3 is 2.47 bits per heavy atom. The monoisotopic (exact) mass is 213 g/mol. The molecule has 1 aromatic rings. The van der Waals surface area contributed by atoms with Crippen LogP contribution in [0.25, 0.3) is 0 Å². The largest absolute Gasteiger partial charge is 0.382 e. The molecular weight excluding hydrogens is 196 g/mol. The second-order valence-electron chi connectivity index (χ2n) is 4.50. The summed E-state index contributed by atoms with van der Waals surface area (Å²) < 4.78 is 25.8. The van der Waals surface area contributed by atoms with Gasteiger partial charge in [-0.3, -0.25) is 0 Å². The third kappa shape index (κ3) is 3.50. The first kappa shape index (κ1) is 12.0. The molecule has 0 saturated heterocycles. The average Bonchev–Trinajstić information content (AvgIpc) is 2.16. The van der Waals surface area contributed by atoms with Crippen molar-refractivity contribution in [2.75, 3.05) is 11.9 Å². The summed E-state index contributed by atoms with van der Waals surface area (Å²) in [6.07, 6.45) is 1.00. The maximum absolute atomic E-state index is 13.2. The molecule has 0 aliphatic heterocycles. The van der Waals surface area contributed by atoms with Crippen molar-refractivity contribution in [1.82, 2.24) is 0 Å². The standard InChI is InChI=1S/C12H17F2N/c1-4-12(2,3)8-15-11-6-5-9(13)7-10(11)14/h5-7,15H,4,8H2,1-3H3. The van der Waals surface area contributed by atoms with Crippen LogP contribution in [-0.2, 0) is 0 Å². The van der Waals surface area contributed by atoms with Gasteiger partial charge in [0.2, 0.25) is 0 Å². The second kappa shape index (κ2) is 4.60. The smallest absolute Gasteiger partial charge is 0.149 e. The topological polar surface area (TPSA) is 12.0 Å². The van der Waals surface area contributed by atoms with Gasteiger partial charge in [-0.25, -0.2) is 8.78 Å². The lowest BCUT2D eigenvalue weighted by molar-refractivity contribution is 0.376. The molecule has 0 saturated carbocycles. The highest BCUT2D eigenvalue weighted by atomic mass is 19.1. The van der Waals surface area contributed by atoms with E-state index >= 15 is 0 Å². The molecule has 0 heterocycles. The van der Waals surface area contributed by atoms with Crippen molar-refractivity contribution in [3.8, 4) is 0 Å². The fourth-order valence-electron chi connectivity index (χ4n) is 1.09. The Morgan fingerprint density at radius 1 is 1.27 bits per heavy atom. The maximum atomic E-state index is 13.2. The fraction of sp³-hybridized carbons (Fsp3) is 0.500. The Bertz CT molecular complexity index is 334. The zero-order valence-corrected chi connectivity index (χ0v) is 9.40. The third-order valence-corrected chi connectivity index (χ3v) is 2.65. The summed E-state index contributed by atoms with van der Waals surface area (Å²) in [7, 11) is 0. The van der Waals surface area contributed by atoms with Crippen molar-refractivity contribution in [1.29, 1.82) is 0 Å². The molecule has 1 rings (SSSR count). The van der Waals surface area contributed by atoms with Crippen LogP contribution in [-0.4, -0.2) is 6.54 Å². The predicted molar refractivity (Wildman–Crippen MR) is 58.9 cm³/mol. The molecule has 0 aliphatic carbocycles. The molecule has 1 aromatic carbocycles. The Labute approximate surface area is 89.5 Å². The van der Waals surface area contributed by atoms with Crippen molar-refractivity contribution in [2.24, 2.45) is 5.41 Å². The van der Waals surface area contributed by atoms with Crippen LogP contribution in [0.15, 0.2) is 18.2 Å². The molecule has 1 N–H and O–H groups in total. The molecule has 0 atom stereocenters. The van der Waals surface area contributed by atoms with Gasteiger partial charge < -0.3 is 5.32 Å². The summed E-state index contributed by atoms with van der Waals surface area (Å²) in [4.78, 5) is 0. The predicted octanol–water partition coefficient (Wildman–Crippen LogP) is 3.81. The van der Waals surface area contributed by atoms with E-state index in [1.165, 1.54) is 12.1 Å². The van der Waals surface area contributed by atoms with Crippen molar-refractivity contribution in [2.45, 2.75) is 27.2 Å². The third-order valence-electron chi connectivity index (χ3n) is 2.65. The Hall–Kier alpha value is -1.12.